The summed E-state index contributed by atoms with van der Waals surface area (Å²) in [5, 5.41) is 0. The highest BCUT2D eigenvalue weighted by atomic mass is 16.5. The molecule has 1 aliphatic heterocycles. The van der Waals surface area contributed by atoms with Gasteiger partial charge in [0, 0.05) is 50.3 Å². The number of carbonyl (C=O) groups is 2. The Hall–Kier alpha value is -3.35. The third-order valence-corrected chi connectivity index (χ3v) is 5.14. The number of aryl methyl sites for hydroxylation is 1. The number of fused-ring (bicyclic) bond motifs is 1. The van der Waals surface area contributed by atoms with Gasteiger partial charge in [0.15, 0.2) is 0 Å². The Morgan fingerprint density at radius 3 is 2.29 bits per heavy atom. The average molecular weight is 378 g/mol. The van der Waals surface area contributed by atoms with Crippen LogP contribution in [0.25, 0.3) is 5.65 Å². The van der Waals surface area contributed by atoms with Gasteiger partial charge in [-0.3, -0.25) is 9.59 Å². The normalized spacial score (nSPS) is 14.4. The van der Waals surface area contributed by atoms with Crippen molar-refractivity contribution in [3.8, 4) is 5.75 Å². The molecule has 0 aliphatic carbocycles. The number of nitrogens with zero attached hydrogens (tertiary/aromatic N) is 4. The van der Waals surface area contributed by atoms with Crippen LogP contribution in [0, 0.1) is 6.92 Å². The molecule has 7 heteroatoms. The van der Waals surface area contributed by atoms with Gasteiger partial charge in [0.1, 0.15) is 11.4 Å². The SMILES string of the molecule is COc1cc(C(=O)N2CCN(C(=O)c3ccc4nccn4c3)CC2)ccc1C. The van der Waals surface area contributed by atoms with Crippen molar-refractivity contribution >= 4 is 17.5 Å². The van der Waals surface area contributed by atoms with Crippen LogP contribution in [-0.2, 0) is 0 Å². The fraction of sp³-hybridized carbons (Fsp3) is 0.286. The fourth-order valence-electron chi connectivity index (χ4n) is 3.48. The Kier molecular flexibility index (Phi) is 4.73. The molecule has 1 aliphatic rings. The number of aromatic nitrogens is 2. The van der Waals surface area contributed by atoms with Crippen LogP contribution in [-0.4, -0.2) is 64.3 Å². The summed E-state index contributed by atoms with van der Waals surface area (Å²) < 4.78 is 7.15. The molecule has 0 radical (unpaired) electrons. The van der Waals surface area contributed by atoms with Gasteiger partial charge in [-0.05, 0) is 36.8 Å². The highest BCUT2D eigenvalue weighted by Gasteiger charge is 2.26. The van der Waals surface area contributed by atoms with Gasteiger partial charge in [-0.1, -0.05) is 6.07 Å². The molecule has 1 saturated heterocycles. The maximum absolute atomic E-state index is 12.8. The molecule has 4 rings (SSSR count). The molecule has 0 atom stereocenters. The highest BCUT2D eigenvalue weighted by Crippen LogP contribution is 2.21. The fourth-order valence-corrected chi connectivity index (χ4v) is 3.48. The first kappa shape index (κ1) is 18.0. The summed E-state index contributed by atoms with van der Waals surface area (Å²) in [6, 6.07) is 9.10. The van der Waals surface area contributed by atoms with Gasteiger partial charge in [-0.2, -0.15) is 0 Å². The number of ether oxygens (including phenoxy) is 1. The van der Waals surface area contributed by atoms with Crippen LogP contribution >= 0.6 is 0 Å². The lowest BCUT2D eigenvalue weighted by Crippen LogP contribution is -2.50. The molecule has 7 nitrogen and oxygen atoms in total. The number of hydrogen-bond acceptors (Lipinski definition) is 4. The van der Waals surface area contributed by atoms with E-state index < -0.39 is 0 Å². The number of amides is 2. The average Bonchev–Trinajstić information content (AvgIpc) is 3.21. The van der Waals surface area contributed by atoms with E-state index in [-0.39, 0.29) is 11.8 Å². The van der Waals surface area contributed by atoms with E-state index in [0.717, 1.165) is 11.2 Å². The summed E-state index contributed by atoms with van der Waals surface area (Å²) >= 11 is 0. The largest absolute Gasteiger partial charge is 0.496 e. The molecule has 0 unspecified atom stereocenters. The van der Waals surface area contributed by atoms with Crippen LogP contribution in [0.4, 0.5) is 0 Å². The Labute approximate surface area is 163 Å². The first-order valence-electron chi connectivity index (χ1n) is 9.23. The maximum atomic E-state index is 12.8. The maximum Gasteiger partial charge on any atom is 0.255 e. The summed E-state index contributed by atoms with van der Waals surface area (Å²) in [7, 11) is 1.60. The second-order valence-corrected chi connectivity index (χ2v) is 6.88. The molecular formula is C21H22N4O3. The van der Waals surface area contributed by atoms with Gasteiger partial charge >= 0.3 is 0 Å². The summed E-state index contributed by atoms with van der Waals surface area (Å²) in [6.45, 7) is 3.98. The molecular weight excluding hydrogens is 356 g/mol. The van der Waals surface area contributed by atoms with Crippen LogP contribution < -0.4 is 4.74 Å². The van der Waals surface area contributed by atoms with E-state index in [2.05, 4.69) is 4.98 Å². The molecule has 0 N–H and O–H groups in total. The van der Waals surface area contributed by atoms with E-state index in [4.69, 9.17) is 4.74 Å². The van der Waals surface area contributed by atoms with Gasteiger partial charge in [-0.15, -0.1) is 0 Å². The Bertz CT molecular complexity index is 1040. The molecule has 1 fully saturated rings. The van der Waals surface area contributed by atoms with Gasteiger partial charge in [0.25, 0.3) is 11.8 Å². The van der Waals surface area contributed by atoms with Crippen molar-refractivity contribution in [3.63, 3.8) is 0 Å². The number of methoxy groups -OCH3 is 1. The van der Waals surface area contributed by atoms with Crippen molar-refractivity contribution in [2.45, 2.75) is 6.92 Å². The Morgan fingerprint density at radius 1 is 0.964 bits per heavy atom. The van der Waals surface area contributed by atoms with Crippen molar-refractivity contribution < 1.29 is 14.3 Å². The van der Waals surface area contributed by atoms with E-state index >= 15 is 0 Å². The number of benzene rings is 1. The van der Waals surface area contributed by atoms with Crippen LogP contribution in [0.15, 0.2) is 48.9 Å². The standard InChI is InChI=1S/C21H22N4O3/c1-15-3-4-16(13-18(15)28-2)20(26)23-9-11-24(12-10-23)21(27)17-5-6-19-22-7-8-25(19)14-17/h3-8,13-14H,9-12H2,1-2H3. The van der Waals surface area contributed by atoms with E-state index in [1.807, 2.05) is 35.7 Å². The van der Waals surface area contributed by atoms with Gasteiger partial charge < -0.3 is 18.9 Å². The molecule has 3 heterocycles. The van der Waals surface area contributed by atoms with Gasteiger partial charge in [-0.25, -0.2) is 4.98 Å². The molecule has 2 amide bonds. The molecule has 3 aromatic rings. The summed E-state index contributed by atoms with van der Waals surface area (Å²) in [5.41, 5.74) is 3.02. The zero-order valence-corrected chi connectivity index (χ0v) is 16.0. The summed E-state index contributed by atoms with van der Waals surface area (Å²) in [6.07, 6.45) is 5.31. The molecule has 0 spiro atoms. The van der Waals surface area contributed by atoms with E-state index in [1.54, 1.807) is 41.4 Å². The van der Waals surface area contributed by atoms with Crippen LogP contribution in [0.5, 0.6) is 5.75 Å². The number of hydrogen-bond donors (Lipinski definition) is 0. The number of piperazine rings is 1. The van der Waals surface area contributed by atoms with E-state index in [0.29, 0.717) is 43.1 Å². The van der Waals surface area contributed by atoms with Crippen molar-refractivity contribution in [1.82, 2.24) is 19.2 Å². The Balaban J connectivity index is 1.42. The third kappa shape index (κ3) is 3.31. The zero-order chi connectivity index (χ0) is 19.7. The summed E-state index contributed by atoms with van der Waals surface area (Å²) in [5.74, 6) is 0.638. The minimum absolute atomic E-state index is 0.0281. The monoisotopic (exact) mass is 378 g/mol. The first-order valence-corrected chi connectivity index (χ1v) is 9.23. The van der Waals surface area contributed by atoms with Crippen LogP contribution in [0.3, 0.4) is 0 Å². The number of carbonyl (C=O) groups excluding carboxylic acids is 2. The van der Waals surface area contributed by atoms with Crippen molar-refractivity contribution in [3.05, 3.63) is 65.6 Å². The van der Waals surface area contributed by atoms with Crippen molar-refractivity contribution in [1.29, 1.82) is 0 Å². The quantitative estimate of drug-likeness (QED) is 0.701. The van der Waals surface area contributed by atoms with Crippen molar-refractivity contribution in [2.24, 2.45) is 0 Å². The number of pyridine rings is 1. The topological polar surface area (TPSA) is 67.2 Å². The minimum Gasteiger partial charge on any atom is -0.496 e. The van der Waals surface area contributed by atoms with E-state index in [1.165, 1.54) is 0 Å². The third-order valence-electron chi connectivity index (χ3n) is 5.14. The second-order valence-electron chi connectivity index (χ2n) is 6.88. The van der Waals surface area contributed by atoms with Crippen molar-refractivity contribution in [2.75, 3.05) is 33.3 Å². The van der Waals surface area contributed by atoms with E-state index in [9.17, 15) is 9.59 Å². The lowest BCUT2D eigenvalue weighted by Gasteiger charge is -2.35. The number of rotatable bonds is 3. The molecule has 28 heavy (non-hydrogen) atoms. The zero-order valence-electron chi connectivity index (χ0n) is 16.0. The van der Waals surface area contributed by atoms with Crippen LogP contribution in [0.1, 0.15) is 26.3 Å². The van der Waals surface area contributed by atoms with Gasteiger partial charge in [0.2, 0.25) is 0 Å². The predicted octanol–water partition coefficient (Wildman–Crippen LogP) is 2.25. The first-order chi connectivity index (χ1) is 13.6. The number of imidazole rings is 1. The predicted molar refractivity (Wildman–Crippen MR) is 105 cm³/mol. The summed E-state index contributed by atoms with van der Waals surface area (Å²) in [4.78, 5) is 33.4. The lowest BCUT2D eigenvalue weighted by molar-refractivity contribution is 0.0535. The highest BCUT2D eigenvalue weighted by molar-refractivity contribution is 5.96. The molecule has 2 aromatic heterocycles. The second kappa shape index (κ2) is 7.34. The Morgan fingerprint density at radius 2 is 1.61 bits per heavy atom. The molecule has 144 valence electrons. The van der Waals surface area contributed by atoms with Gasteiger partial charge in [0.05, 0.1) is 12.7 Å². The molecule has 1 aromatic carbocycles. The molecule has 0 saturated carbocycles. The molecule has 0 bridgehead atoms. The smallest absolute Gasteiger partial charge is 0.255 e. The van der Waals surface area contributed by atoms with Crippen LogP contribution in [0.2, 0.25) is 0 Å². The lowest BCUT2D eigenvalue weighted by atomic mass is 10.1. The minimum atomic E-state index is -0.0368.